The molecule has 0 atom stereocenters. The minimum absolute atomic E-state index is 0.105. The standard InChI is InChI=1S/C20H26N4O/c1-3-18-13-17(14-19(21-2)22-18)20(25)24-11-9-23(10-12-24)15-16-7-5-4-6-8-16/h4-8,13-14H,3,9-12,15H2,1-2H3,(H,21,22). The van der Waals surface area contributed by atoms with Crippen molar-refractivity contribution in [3.05, 3.63) is 59.3 Å². The smallest absolute Gasteiger partial charge is 0.254 e. The van der Waals surface area contributed by atoms with Crippen LogP contribution in [0, 0.1) is 0 Å². The van der Waals surface area contributed by atoms with E-state index in [1.54, 1.807) is 0 Å². The lowest BCUT2D eigenvalue weighted by Gasteiger charge is -2.35. The molecule has 25 heavy (non-hydrogen) atoms. The normalized spacial score (nSPS) is 15.2. The molecule has 0 aliphatic carbocycles. The summed E-state index contributed by atoms with van der Waals surface area (Å²) in [6.07, 6.45) is 0.820. The predicted octanol–water partition coefficient (Wildman–Crippen LogP) is 2.64. The molecule has 0 unspecified atom stereocenters. The van der Waals surface area contributed by atoms with E-state index in [0.29, 0.717) is 0 Å². The van der Waals surface area contributed by atoms with E-state index in [2.05, 4.69) is 46.4 Å². The summed E-state index contributed by atoms with van der Waals surface area (Å²) in [6.45, 7) is 6.35. The molecule has 0 radical (unpaired) electrons. The molecule has 1 aromatic heterocycles. The largest absolute Gasteiger partial charge is 0.373 e. The van der Waals surface area contributed by atoms with Crippen molar-refractivity contribution in [2.45, 2.75) is 19.9 Å². The molecule has 1 N–H and O–H groups in total. The van der Waals surface area contributed by atoms with Gasteiger partial charge in [0.2, 0.25) is 0 Å². The number of pyridine rings is 1. The molecule has 1 saturated heterocycles. The van der Waals surface area contributed by atoms with Gasteiger partial charge in [-0.3, -0.25) is 9.69 Å². The van der Waals surface area contributed by atoms with E-state index in [9.17, 15) is 4.79 Å². The Labute approximate surface area is 149 Å². The third kappa shape index (κ3) is 4.37. The van der Waals surface area contributed by atoms with Crippen molar-refractivity contribution in [2.75, 3.05) is 38.5 Å². The molecule has 2 aromatic rings. The van der Waals surface area contributed by atoms with E-state index in [0.717, 1.165) is 56.2 Å². The van der Waals surface area contributed by atoms with Crippen LogP contribution in [0.25, 0.3) is 0 Å². The van der Waals surface area contributed by atoms with Crippen LogP contribution in [0.5, 0.6) is 0 Å². The summed E-state index contributed by atoms with van der Waals surface area (Å²) in [7, 11) is 1.83. The minimum atomic E-state index is 0.105. The molecule has 2 heterocycles. The van der Waals surface area contributed by atoms with Crippen LogP contribution in [0.15, 0.2) is 42.5 Å². The quantitative estimate of drug-likeness (QED) is 0.910. The van der Waals surface area contributed by atoms with Gasteiger partial charge in [-0.05, 0) is 24.1 Å². The summed E-state index contributed by atoms with van der Waals surface area (Å²) < 4.78 is 0. The zero-order valence-corrected chi connectivity index (χ0v) is 15.0. The maximum Gasteiger partial charge on any atom is 0.254 e. The molecule has 5 heteroatoms. The lowest BCUT2D eigenvalue weighted by atomic mass is 10.1. The molecule has 5 nitrogen and oxygen atoms in total. The highest BCUT2D eigenvalue weighted by Gasteiger charge is 2.22. The Morgan fingerprint density at radius 1 is 1.12 bits per heavy atom. The van der Waals surface area contributed by atoms with E-state index in [4.69, 9.17) is 0 Å². The van der Waals surface area contributed by atoms with Crippen LogP contribution >= 0.6 is 0 Å². The van der Waals surface area contributed by atoms with Crippen LogP contribution in [-0.4, -0.2) is 53.9 Å². The summed E-state index contributed by atoms with van der Waals surface area (Å²) in [4.78, 5) is 21.7. The fraction of sp³-hybridized carbons (Fsp3) is 0.400. The Balaban J connectivity index is 1.62. The van der Waals surface area contributed by atoms with Gasteiger partial charge < -0.3 is 10.2 Å². The number of aryl methyl sites for hydroxylation is 1. The fourth-order valence-corrected chi connectivity index (χ4v) is 3.15. The van der Waals surface area contributed by atoms with Gasteiger partial charge in [-0.25, -0.2) is 4.98 Å². The maximum atomic E-state index is 12.9. The molecule has 1 aliphatic rings. The van der Waals surface area contributed by atoms with E-state index >= 15 is 0 Å². The van der Waals surface area contributed by atoms with Crippen LogP contribution in [0.2, 0.25) is 0 Å². The van der Waals surface area contributed by atoms with Crippen LogP contribution in [0.1, 0.15) is 28.5 Å². The number of carbonyl (C=O) groups is 1. The van der Waals surface area contributed by atoms with Gasteiger partial charge in [0.25, 0.3) is 5.91 Å². The van der Waals surface area contributed by atoms with Gasteiger partial charge in [0.05, 0.1) is 0 Å². The van der Waals surface area contributed by atoms with E-state index in [1.165, 1.54) is 5.56 Å². The van der Waals surface area contributed by atoms with Crippen LogP contribution in [0.3, 0.4) is 0 Å². The number of nitrogens with one attached hydrogen (secondary N) is 1. The third-order valence-corrected chi connectivity index (χ3v) is 4.65. The van der Waals surface area contributed by atoms with Crippen molar-refractivity contribution in [2.24, 2.45) is 0 Å². The number of rotatable bonds is 5. The molecule has 1 aliphatic heterocycles. The summed E-state index contributed by atoms with van der Waals surface area (Å²) in [6, 6.07) is 14.3. The van der Waals surface area contributed by atoms with Gasteiger partial charge in [0.15, 0.2) is 0 Å². The maximum absolute atomic E-state index is 12.9. The second-order valence-corrected chi connectivity index (χ2v) is 6.39. The van der Waals surface area contributed by atoms with E-state index in [-0.39, 0.29) is 5.91 Å². The van der Waals surface area contributed by atoms with Gasteiger partial charge in [-0.2, -0.15) is 0 Å². The van der Waals surface area contributed by atoms with Crippen molar-refractivity contribution >= 4 is 11.7 Å². The first-order chi connectivity index (χ1) is 12.2. The van der Waals surface area contributed by atoms with Crippen LogP contribution < -0.4 is 5.32 Å². The molecule has 1 aromatic carbocycles. The average molecular weight is 338 g/mol. The number of nitrogens with zero attached hydrogens (tertiary/aromatic N) is 3. The Kier molecular flexibility index (Phi) is 5.66. The number of aromatic nitrogens is 1. The summed E-state index contributed by atoms with van der Waals surface area (Å²) in [5.41, 5.74) is 2.99. The Bertz CT molecular complexity index is 687. The molecule has 1 amide bonds. The minimum Gasteiger partial charge on any atom is -0.373 e. The predicted molar refractivity (Wildman–Crippen MR) is 101 cm³/mol. The summed E-state index contributed by atoms with van der Waals surface area (Å²) in [5, 5.41) is 3.04. The van der Waals surface area contributed by atoms with Crippen LogP contribution in [-0.2, 0) is 13.0 Å². The zero-order chi connectivity index (χ0) is 17.6. The van der Waals surface area contributed by atoms with Crippen molar-refractivity contribution in [1.82, 2.24) is 14.8 Å². The molecule has 132 valence electrons. The van der Waals surface area contributed by atoms with Crippen molar-refractivity contribution < 1.29 is 4.79 Å². The Morgan fingerprint density at radius 3 is 2.48 bits per heavy atom. The molecular formula is C20H26N4O. The second kappa shape index (κ2) is 8.12. The van der Waals surface area contributed by atoms with Gasteiger partial charge in [-0.15, -0.1) is 0 Å². The molecule has 0 bridgehead atoms. The van der Waals surface area contributed by atoms with E-state index < -0.39 is 0 Å². The SMILES string of the molecule is CCc1cc(C(=O)N2CCN(Cc3ccccc3)CC2)cc(NC)n1. The highest BCUT2D eigenvalue weighted by atomic mass is 16.2. The fourth-order valence-electron chi connectivity index (χ4n) is 3.15. The lowest BCUT2D eigenvalue weighted by molar-refractivity contribution is 0.0628. The lowest BCUT2D eigenvalue weighted by Crippen LogP contribution is -2.48. The Hall–Kier alpha value is -2.40. The monoisotopic (exact) mass is 338 g/mol. The average Bonchev–Trinajstić information content (AvgIpc) is 2.68. The van der Waals surface area contributed by atoms with Gasteiger partial charge >= 0.3 is 0 Å². The molecule has 1 fully saturated rings. The van der Waals surface area contributed by atoms with Crippen molar-refractivity contribution in [1.29, 1.82) is 0 Å². The zero-order valence-electron chi connectivity index (χ0n) is 15.0. The van der Waals surface area contributed by atoms with Crippen molar-refractivity contribution in [3.8, 4) is 0 Å². The number of hydrogen-bond acceptors (Lipinski definition) is 4. The number of anilines is 1. The van der Waals surface area contributed by atoms with Crippen molar-refractivity contribution in [3.63, 3.8) is 0 Å². The van der Waals surface area contributed by atoms with Gasteiger partial charge in [0.1, 0.15) is 5.82 Å². The first kappa shape index (κ1) is 17.4. The van der Waals surface area contributed by atoms with Crippen LogP contribution in [0.4, 0.5) is 5.82 Å². The second-order valence-electron chi connectivity index (χ2n) is 6.39. The highest BCUT2D eigenvalue weighted by Crippen LogP contribution is 2.15. The molecule has 0 spiro atoms. The number of hydrogen-bond donors (Lipinski definition) is 1. The van der Waals surface area contributed by atoms with E-state index in [1.807, 2.05) is 30.1 Å². The summed E-state index contributed by atoms with van der Waals surface area (Å²) >= 11 is 0. The molecule has 3 rings (SSSR count). The number of benzene rings is 1. The number of carbonyl (C=O) groups excluding carboxylic acids is 1. The first-order valence-electron chi connectivity index (χ1n) is 8.94. The topological polar surface area (TPSA) is 48.5 Å². The Morgan fingerprint density at radius 2 is 1.84 bits per heavy atom. The van der Waals surface area contributed by atoms with Gasteiger partial charge in [0, 0.05) is 51.0 Å². The van der Waals surface area contributed by atoms with Gasteiger partial charge in [-0.1, -0.05) is 37.3 Å². The third-order valence-electron chi connectivity index (χ3n) is 4.65. The number of piperazine rings is 1. The molecular weight excluding hydrogens is 312 g/mol. The number of amides is 1. The summed E-state index contributed by atoms with van der Waals surface area (Å²) in [5.74, 6) is 0.860. The first-order valence-corrected chi connectivity index (χ1v) is 8.94. The molecule has 0 saturated carbocycles. The highest BCUT2D eigenvalue weighted by molar-refractivity contribution is 5.95.